The molecule has 104 valence electrons. The first kappa shape index (κ1) is 13.9. The van der Waals surface area contributed by atoms with Crippen LogP contribution in [0.4, 0.5) is 0 Å². The van der Waals surface area contributed by atoms with Gasteiger partial charge in [-0.2, -0.15) is 0 Å². The highest BCUT2D eigenvalue weighted by molar-refractivity contribution is 5.81. The van der Waals surface area contributed by atoms with Crippen LogP contribution in [-0.4, -0.2) is 55.0 Å². The van der Waals surface area contributed by atoms with Crippen molar-refractivity contribution in [3.05, 3.63) is 30.3 Å². The van der Waals surface area contributed by atoms with Gasteiger partial charge in [0.05, 0.1) is 0 Å². The summed E-state index contributed by atoms with van der Waals surface area (Å²) in [6.07, 6.45) is 0.325. The van der Waals surface area contributed by atoms with Gasteiger partial charge in [0.1, 0.15) is 5.75 Å². The summed E-state index contributed by atoms with van der Waals surface area (Å²) < 4.78 is 5.80. The van der Waals surface area contributed by atoms with E-state index in [2.05, 4.69) is 11.9 Å². The summed E-state index contributed by atoms with van der Waals surface area (Å²) in [4.78, 5) is 16.6. The average molecular weight is 262 g/mol. The van der Waals surface area contributed by atoms with E-state index in [1.54, 1.807) is 0 Å². The molecule has 0 saturated carbocycles. The zero-order valence-corrected chi connectivity index (χ0v) is 11.7. The molecule has 0 aromatic heterocycles. The van der Waals surface area contributed by atoms with Crippen molar-refractivity contribution in [3.63, 3.8) is 0 Å². The zero-order chi connectivity index (χ0) is 13.7. The van der Waals surface area contributed by atoms with Crippen molar-refractivity contribution in [3.8, 4) is 5.75 Å². The summed E-state index contributed by atoms with van der Waals surface area (Å²) in [5, 5.41) is 0. The van der Waals surface area contributed by atoms with Crippen LogP contribution in [0.3, 0.4) is 0 Å². The first-order valence-electron chi connectivity index (χ1n) is 6.89. The average Bonchev–Trinajstić information content (AvgIpc) is 2.46. The van der Waals surface area contributed by atoms with E-state index >= 15 is 0 Å². The molecule has 1 saturated heterocycles. The van der Waals surface area contributed by atoms with Crippen LogP contribution in [0.5, 0.6) is 5.75 Å². The number of para-hydroxylation sites is 1. The van der Waals surface area contributed by atoms with Crippen molar-refractivity contribution < 1.29 is 9.53 Å². The molecule has 1 amide bonds. The van der Waals surface area contributed by atoms with E-state index in [0.29, 0.717) is 6.42 Å². The monoisotopic (exact) mass is 262 g/mol. The number of rotatable bonds is 4. The number of amides is 1. The Labute approximate surface area is 115 Å². The van der Waals surface area contributed by atoms with E-state index in [4.69, 9.17) is 4.74 Å². The number of carbonyl (C=O) groups is 1. The number of nitrogens with zero attached hydrogens (tertiary/aromatic N) is 2. The Morgan fingerprint density at radius 1 is 1.21 bits per heavy atom. The second-order valence-corrected chi connectivity index (χ2v) is 4.96. The standard InChI is InChI=1S/C15H22N2O2/c1-3-14(19-13-7-5-4-6-8-13)15(18)17-11-9-16(2)10-12-17/h4-8,14H,3,9-12H2,1-2H3. The minimum Gasteiger partial charge on any atom is -0.481 e. The molecule has 1 aromatic carbocycles. The maximum Gasteiger partial charge on any atom is 0.263 e. The van der Waals surface area contributed by atoms with E-state index in [-0.39, 0.29) is 12.0 Å². The van der Waals surface area contributed by atoms with Crippen LogP contribution in [0, 0.1) is 0 Å². The maximum absolute atomic E-state index is 12.4. The zero-order valence-electron chi connectivity index (χ0n) is 11.7. The highest BCUT2D eigenvalue weighted by Gasteiger charge is 2.26. The Kier molecular flexibility index (Phi) is 4.80. The van der Waals surface area contributed by atoms with Gasteiger partial charge in [0.15, 0.2) is 6.10 Å². The molecule has 4 nitrogen and oxygen atoms in total. The van der Waals surface area contributed by atoms with E-state index in [1.807, 2.05) is 42.2 Å². The molecule has 0 aliphatic carbocycles. The number of benzene rings is 1. The lowest BCUT2D eigenvalue weighted by Crippen LogP contribution is -2.51. The van der Waals surface area contributed by atoms with Gasteiger partial charge >= 0.3 is 0 Å². The molecular formula is C15H22N2O2. The van der Waals surface area contributed by atoms with Gasteiger partial charge in [-0.15, -0.1) is 0 Å². The first-order chi connectivity index (χ1) is 9.20. The Hall–Kier alpha value is -1.55. The predicted octanol–water partition coefficient (Wildman–Crippen LogP) is 1.62. The van der Waals surface area contributed by atoms with Gasteiger partial charge in [0, 0.05) is 26.2 Å². The van der Waals surface area contributed by atoms with Gasteiger partial charge < -0.3 is 14.5 Å². The lowest BCUT2D eigenvalue weighted by molar-refractivity contribution is -0.140. The Morgan fingerprint density at radius 2 is 1.84 bits per heavy atom. The SMILES string of the molecule is CCC(Oc1ccccc1)C(=O)N1CCN(C)CC1. The number of likely N-dealkylation sites (N-methyl/N-ethyl adjacent to an activating group) is 1. The summed E-state index contributed by atoms with van der Waals surface area (Å²) in [5.41, 5.74) is 0. The van der Waals surface area contributed by atoms with Gasteiger partial charge in [-0.05, 0) is 25.6 Å². The summed E-state index contributed by atoms with van der Waals surface area (Å²) in [6.45, 7) is 5.45. The van der Waals surface area contributed by atoms with Gasteiger partial charge in [-0.3, -0.25) is 4.79 Å². The molecule has 0 radical (unpaired) electrons. The lowest BCUT2D eigenvalue weighted by Gasteiger charge is -2.34. The van der Waals surface area contributed by atoms with E-state index in [9.17, 15) is 4.79 Å². The molecule has 0 N–H and O–H groups in total. The number of carbonyl (C=O) groups excluding carboxylic acids is 1. The van der Waals surface area contributed by atoms with Crippen molar-refractivity contribution in [2.75, 3.05) is 33.2 Å². The fraction of sp³-hybridized carbons (Fsp3) is 0.533. The molecule has 1 fully saturated rings. The van der Waals surface area contributed by atoms with Crippen LogP contribution in [-0.2, 0) is 4.79 Å². The minimum absolute atomic E-state index is 0.111. The van der Waals surface area contributed by atoms with Crippen molar-refractivity contribution in [2.24, 2.45) is 0 Å². The molecule has 0 spiro atoms. The van der Waals surface area contributed by atoms with Crippen LogP contribution in [0.15, 0.2) is 30.3 Å². The maximum atomic E-state index is 12.4. The molecule has 1 unspecified atom stereocenters. The molecule has 1 aromatic rings. The van der Waals surface area contributed by atoms with Crippen LogP contribution >= 0.6 is 0 Å². The van der Waals surface area contributed by atoms with Crippen molar-refractivity contribution >= 4 is 5.91 Å². The van der Waals surface area contributed by atoms with Crippen molar-refractivity contribution in [2.45, 2.75) is 19.4 Å². The van der Waals surface area contributed by atoms with E-state index in [1.165, 1.54) is 0 Å². The summed E-state index contributed by atoms with van der Waals surface area (Å²) in [7, 11) is 2.08. The summed E-state index contributed by atoms with van der Waals surface area (Å²) in [6, 6.07) is 9.56. The molecule has 1 atom stereocenters. The molecule has 2 rings (SSSR count). The smallest absolute Gasteiger partial charge is 0.263 e. The highest BCUT2D eigenvalue weighted by atomic mass is 16.5. The number of piperazine rings is 1. The predicted molar refractivity (Wildman–Crippen MR) is 75.2 cm³/mol. The molecule has 0 bridgehead atoms. The first-order valence-corrected chi connectivity index (χ1v) is 6.89. The Balaban J connectivity index is 1.95. The number of hydrogen-bond acceptors (Lipinski definition) is 3. The molecule has 4 heteroatoms. The van der Waals surface area contributed by atoms with Crippen LogP contribution in [0.2, 0.25) is 0 Å². The quantitative estimate of drug-likeness (QED) is 0.826. The van der Waals surface area contributed by atoms with Gasteiger partial charge in [-0.25, -0.2) is 0 Å². The van der Waals surface area contributed by atoms with Gasteiger partial charge in [0.2, 0.25) is 0 Å². The third-order valence-electron chi connectivity index (χ3n) is 3.48. The molecule has 19 heavy (non-hydrogen) atoms. The van der Waals surface area contributed by atoms with E-state index in [0.717, 1.165) is 31.9 Å². The largest absolute Gasteiger partial charge is 0.481 e. The molecule has 1 heterocycles. The molecule has 1 aliphatic heterocycles. The topological polar surface area (TPSA) is 32.8 Å². The van der Waals surface area contributed by atoms with E-state index < -0.39 is 0 Å². The lowest BCUT2D eigenvalue weighted by atomic mass is 10.2. The van der Waals surface area contributed by atoms with Crippen LogP contribution < -0.4 is 4.74 Å². The third kappa shape index (κ3) is 3.70. The van der Waals surface area contributed by atoms with Gasteiger partial charge in [0.25, 0.3) is 5.91 Å². The summed E-state index contributed by atoms with van der Waals surface area (Å²) in [5.74, 6) is 0.872. The minimum atomic E-state index is -0.370. The summed E-state index contributed by atoms with van der Waals surface area (Å²) >= 11 is 0. The second kappa shape index (κ2) is 6.57. The number of ether oxygens (including phenoxy) is 1. The molecular weight excluding hydrogens is 240 g/mol. The highest BCUT2D eigenvalue weighted by Crippen LogP contribution is 2.14. The van der Waals surface area contributed by atoms with Crippen LogP contribution in [0.1, 0.15) is 13.3 Å². The van der Waals surface area contributed by atoms with Crippen molar-refractivity contribution in [1.29, 1.82) is 0 Å². The fourth-order valence-electron chi connectivity index (χ4n) is 2.20. The normalized spacial score (nSPS) is 18.1. The van der Waals surface area contributed by atoms with Crippen molar-refractivity contribution in [1.82, 2.24) is 9.80 Å². The molecule has 1 aliphatic rings. The van der Waals surface area contributed by atoms with Gasteiger partial charge in [-0.1, -0.05) is 25.1 Å². The van der Waals surface area contributed by atoms with Crippen LogP contribution in [0.25, 0.3) is 0 Å². The third-order valence-corrected chi connectivity index (χ3v) is 3.48. The number of hydrogen-bond donors (Lipinski definition) is 0. The second-order valence-electron chi connectivity index (χ2n) is 4.96. The fourth-order valence-corrected chi connectivity index (χ4v) is 2.20. The Bertz CT molecular complexity index is 400. The Morgan fingerprint density at radius 3 is 2.42 bits per heavy atom.